The van der Waals surface area contributed by atoms with Gasteiger partial charge in [-0.25, -0.2) is 0 Å². The molecule has 0 spiro atoms. The van der Waals surface area contributed by atoms with E-state index >= 15 is 0 Å². The quantitative estimate of drug-likeness (QED) is 0.258. The standard InChI is InChI=1S/C17H35N2O4/c1-18(10-7-5-6-8-12-20)17(21)9-13-22-15-16-23-14-11-19(2,3)4/h12H,5-11,13-16H2,1-4H3/q+1. The lowest BCUT2D eigenvalue weighted by Gasteiger charge is -2.23. The molecule has 0 aliphatic carbocycles. The zero-order chi connectivity index (χ0) is 17.6. The second-order valence-electron chi connectivity index (χ2n) is 6.82. The van der Waals surface area contributed by atoms with Gasteiger partial charge in [-0.2, -0.15) is 0 Å². The topological polar surface area (TPSA) is 55.8 Å². The minimum absolute atomic E-state index is 0.103. The van der Waals surface area contributed by atoms with E-state index < -0.39 is 0 Å². The van der Waals surface area contributed by atoms with Crippen molar-refractivity contribution in [1.82, 2.24) is 4.90 Å². The Morgan fingerprint density at radius 3 is 2.26 bits per heavy atom. The number of ether oxygens (including phenoxy) is 2. The maximum atomic E-state index is 11.9. The van der Waals surface area contributed by atoms with Crippen LogP contribution in [0.2, 0.25) is 0 Å². The number of likely N-dealkylation sites (N-methyl/N-ethyl adjacent to an activating group) is 1. The zero-order valence-corrected chi connectivity index (χ0v) is 15.4. The van der Waals surface area contributed by atoms with Gasteiger partial charge in [0.2, 0.25) is 5.91 Å². The monoisotopic (exact) mass is 331 g/mol. The van der Waals surface area contributed by atoms with E-state index in [0.29, 0.717) is 32.7 Å². The SMILES string of the molecule is CN(CCCCCC=O)C(=O)CCOCCOCC[N+](C)(C)C. The number of unbranched alkanes of at least 4 members (excludes halogenated alkanes) is 3. The summed E-state index contributed by atoms with van der Waals surface area (Å²) in [7, 11) is 8.20. The van der Waals surface area contributed by atoms with E-state index in [0.717, 1.165) is 49.7 Å². The van der Waals surface area contributed by atoms with Gasteiger partial charge >= 0.3 is 0 Å². The second-order valence-corrected chi connectivity index (χ2v) is 6.82. The van der Waals surface area contributed by atoms with Crippen LogP contribution >= 0.6 is 0 Å². The smallest absolute Gasteiger partial charge is 0.224 e. The van der Waals surface area contributed by atoms with Gasteiger partial charge in [-0.1, -0.05) is 6.42 Å². The minimum Gasteiger partial charge on any atom is -0.379 e. The second kappa shape index (κ2) is 13.5. The maximum Gasteiger partial charge on any atom is 0.224 e. The number of carbonyl (C=O) groups is 2. The Morgan fingerprint density at radius 2 is 1.65 bits per heavy atom. The van der Waals surface area contributed by atoms with Crippen LogP contribution in [0.4, 0.5) is 0 Å². The van der Waals surface area contributed by atoms with E-state index in [1.165, 1.54) is 0 Å². The largest absolute Gasteiger partial charge is 0.379 e. The summed E-state index contributed by atoms with van der Waals surface area (Å²) in [6.07, 6.45) is 4.79. The molecule has 0 bridgehead atoms. The number of carbonyl (C=O) groups excluding carboxylic acids is 2. The molecule has 0 unspecified atom stereocenters. The van der Waals surface area contributed by atoms with Crippen LogP contribution in [0.1, 0.15) is 32.1 Å². The van der Waals surface area contributed by atoms with E-state index in [1.54, 1.807) is 4.90 Å². The third-order valence-corrected chi connectivity index (χ3v) is 3.48. The molecule has 0 aromatic heterocycles. The molecule has 0 aromatic carbocycles. The number of quaternary nitrogens is 1. The van der Waals surface area contributed by atoms with Gasteiger partial charge in [-0.05, 0) is 12.8 Å². The lowest BCUT2D eigenvalue weighted by Crippen LogP contribution is -2.37. The summed E-state index contributed by atoms with van der Waals surface area (Å²) in [5.74, 6) is 0.103. The molecule has 0 aliphatic rings. The fraction of sp³-hybridized carbons (Fsp3) is 0.882. The highest BCUT2D eigenvalue weighted by molar-refractivity contribution is 5.75. The van der Waals surface area contributed by atoms with Crippen molar-refractivity contribution < 1.29 is 23.5 Å². The molecule has 0 saturated heterocycles. The predicted molar refractivity (Wildman–Crippen MR) is 91.3 cm³/mol. The normalized spacial score (nSPS) is 11.5. The minimum atomic E-state index is 0.103. The van der Waals surface area contributed by atoms with Crippen LogP contribution in [0.5, 0.6) is 0 Å². The molecule has 0 fully saturated rings. The van der Waals surface area contributed by atoms with Gasteiger partial charge in [0.05, 0.1) is 54.0 Å². The zero-order valence-electron chi connectivity index (χ0n) is 15.4. The summed E-state index contributed by atoms with van der Waals surface area (Å²) in [5, 5.41) is 0. The molecule has 0 N–H and O–H groups in total. The highest BCUT2D eigenvalue weighted by Crippen LogP contribution is 2.01. The van der Waals surface area contributed by atoms with Crippen molar-refractivity contribution in [2.75, 3.05) is 67.7 Å². The third-order valence-electron chi connectivity index (χ3n) is 3.48. The number of rotatable bonds is 15. The molecule has 0 atom stereocenters. The van der Waals surface area contributed by atoms with Gasteiger partial charge in [0.1, 0.15) is 12.8 Å². The van der Waals surface area contributed by atoms with Crippen molar-refractivity contribution in [3.8, 4) is 0 Å². The van der Waals surface area contributed by atoms with Crippen LogP contribution in [0, 0.1) is 0 Å². The van der Waals surface area contributed by atoms with Crippen LogP contribution < -0.4 is 0 Å². The van der Waals surface area contributed by atoms with E-state index in [4.69, 9.17) is 9.47 Å². The highest BCUT2D eigenvalue weighted by atomic mass is 16.5. The molecular formula is C17H35N2O4+. The first-order valence-corrected chi connectivity index (χ1v) is 8.50. The first-order chi connectivity index (χ1) is 10.9. The first-order valence-electron chi connectivity index (χ1n) is 8.50. The van der Waals surface area contributed by atoms with Gasteiger partial charge in [0.15, 0.2) is 0 Å². The van der Waals surface area contributed by atoms with Crippen LogP contribution in [-0.2, 0) is 19.1 Å². The van der Waals surface area contributed by atoms with Crippen LogP contribution in [-0.4, -0.2) is 89.3 Å². The molecule has 0 radical (unpaired) electrons. The molecule has 0 heterocycles. The Bertz CT molecular complexity index is 316. The molecule has 23 heavy (non-hydrogen) atoms. The Kier molecular flexibility index (Phi) is 12.9. The van der Waals surface area contributed by atoms with Crippen molar-refractivity contribution in [1.29, 1.82) is 0 Å². The average Bonchev–Trinajstić information content (AvgIpc) is 2.48. The van der Waals surface area contributed by atoms with Gasteiger partial charge < -0.3 is 23.7 Å². The number of hydrogen-bond donors (Lipinski definition) is 0. The molecule has 6 heteroatoms. The lowest BCUT2D eigenvalue weighted by atomic mass is 10.2. The van der Waals surface area contributed by atoms with Gasteiger partial charge in [-0.15, -0.1) is 0 Å². The Labute approximate surface area is 141 Å². The number of amides is 1. The predicted octanol–water partition coefficient (Wildman–Crippen LogP) is 1.33. The van der Waals surface area contributed by atoms with Crippen molar-refractivity contribution in [3.05, 3.63) is 0 Å². The molecule has 0 aliphatic heterocycles. The van der Waals surface area contributed by atoms with Crippen molar-refractivity contribution in [3.63, 3.8) is 0 Å². The summed E-state index contributed by atoms with van der Waals surface area (Å²) in [6.45, 7) is 3.97. The summed E-state index contributed by atoms with van der Waals surface area (Å²) in [4.78, 5) is 23.8. The molecular weight excluding hydrogens is 296 g/mol. The van der Waals surface area contributed by atoms with Crippen LogP contribution in [0.25, 0.3) is 0 Å². The molecule has 6 nitrogen and oxygen atoms in total. The Morgan fingerprint density at radius 1 is 1.00 bits per heavy atom. The summed E-state index contributed by atoms with van der Waals surface area (Å²) < 4.78 is 11.8. The van der Waals surface area contributed by atoms with Gasteiger partial charge in [0, 0.05) is 20.0 Å². The maximum absolute atomic E-state index is 11.9. The highest BCUT2D eigenvalue weighted by Gasteiger charge is 2.08. The third kappa shape index (κ3) is 15.7. The lowest BCUT2D eigenvalue weighted by molar-refractivity contribution is -0.870. The van der Waals surface area contributed by atoms with E-state index in [2.05, 4.69) is 21.1 Å². The molecule has 136 valence electrons. The van der Waals surface area contributed by atoms with Gasteiger partial charge in [0.25, 0.3) is 0 Å². The fourth-order valence-electron chi connectivity index (χ4n) is 1.89. The van der Waals surface area contributed by atoms with Gasteiger partial charge in [-0.3, -0.25) is 4.79 Å². The van der Waals surface area contributed by atoms with Crippen molar-refractivity contribution >= 4 is 12.2 Å². The number of aldehydes is 1. The Hall–Kier alpha value is -0.980. The first kappa shape index (κ1) is 22.0. The van der Waals surface area contributed by atoms with E-state index in [-0.39, 0.29) is 5.91 Å². The molecule has 0 rings (SSSR count). The number of hydrogen-bond acceptors (Lipinski definition) is 4. The summed E-state index contributed by atoms with van der Waals surface area (Å²) >= 11 is 0. The van der Waals surface area contributed by atoms with Crippen molar-refractivity contribution in [2.45, 2.75) is 32.1 Å². The summed E-state index contributed by atoms with van der Waals surface area (Å²) in [6, 6.07) is 0. The average molecular weight is 331 g/mol. The van der Waals surface area contributed by atoms with E-state index in [1.807, 2.05) is 7.05 Å². The molecule has 1 amide bonds. The summed E-state index contributed by atoms with van der Waals surface area (Å²) in [5.41, 5.74) is 0. The van der Waals surface area contributed by atoms with Crippen molar-refractivity contribution in [2.24, 2.45) is 0 Å². The Balaban J connectivity index is 3.43. The number of nitrogens with zero attached hydrogens (tertiary/aromatic N) is 2. The van der Waals surface area contributed by atoms with E-state index in [9.17, 15) is 9.59 Å². The molecule has 0 aromatic rings. The van der Waals surface area contributed by atoms with Crippen LogP contribution in [0.15, 0.2) is 0 Å². The molecule has 0 saturated carbocycles. The fourth-order valence-corrected chi connectivity index (χ4v) is 1.89. The van der Waals surface area contributed by atoms with Crippen LogP contribution in [0.3, 0.4) is 0 Å².